The van der Waals surface area contributed by atoms with E-state index in [2.05, 4.69) is 11.3 Å². The number of ether oxygens (including phenoxy) is 1. The summed E-state index contributed by atoms with van der Waals surface area (Å²) < 4.78 is 91.1. The summed E-state index contributed by atoms with van der Waals surface area (Å²) in [5.41, 5.74) is -0.691. The first-order valence-electron chi connectivity index (χ1n) is 4.04. The molecule has 2 nitrogen and oxygen atoms in total. The lowest BCUT2D eigenvalue weighted by molar-refractivity contribution is -0.522. The number of hydrogen-bond acceptors (Lipinski definition) is 2. The minimum atomic E-state index is -5.93. The zero-order chi connectivity index (χ0) is 13.9. The van der Waals surface area contributed by atoms with Crippen LogP contribution in [0, 0.1) is 0 Å². The number of hydrogen-bond donors (Lipinski definition) is 0. The summed E-state index contributed by atoms with van der Waals surface area (Å²) in [4.78, 5) is 10.7. The van der Waals surface area contributed by atoms with Gasteiger partial charge in [-0.1, -0.05) is 6.58 Å². The molecule has 0 atom stereocenters. The van der Waals surface area contributed by atoms with Crippen molar-refractivity contribution in [2.45, 2.75) is 30.5 Å². The second kappa shape index (κ2) is 3.14. The fourth-order valence-corrected chi connectivity index (χ4v) is 1.08. The van der Waals surface area contributed by atoms with Crippen molar-refractivity contribution < 1.29 is 40.3 Å². The van der Waals surface area contributed by atoms with Crippen molar-refractivity contribution in [3.8, 4) is 0 Å². The predicted octanol–water partition coefficient (Wildman–Crippen LogP) is 2.69. The van der Waals surface area contributed by atoms with Gasteiger partial charge in [0.1, 0.15) is 0 Å². The van der Waals surface area contributed by atoms with Gasteiger partial charge >= 0.3 is 29.6 Å². The van der Waals surface area contributed by atoms with E-state index in [0.717, 1.165) is 6.92 Å². The Morgan fingerprint density at radius 1 is 0.941 bits per heavy atom. The highest BCUT2D eigenvalue weighted by atomic mass is 19.4. The SMILES string of the molecule is C=C(C)C(=O)OC1(F)C(F)(F)C(F)(F)C1(F)F. The molecule has 98 valence electrons. The van der Waals surface area contributed by atoms with Crippen molar-refractivity contribution in [1.82, 2.24) is 0 Å². The Labute approximate surface area is 90.0 Å². The second-order valence-corrected chi connectivity index (χ2v) is 3.49. The van der Waals surface area contributed by atoms with Gasteiger partial charge in [-0.3, -0.25) is 0 Å². The first-order chi connectivity index (χ1) is 7.33. The van der Waals surface area contributed by atoms with Gasteiger partial charge in [-0.2, -0.15) is 30.7 Å². The second-order valence-electron chi connectivity index (χ2n) is 3.49. The van der Waals surface area contributed by atoms with Gasteiger partial charge in [0.15, 0.2) is 0 Å². The maximum atomic E-state index is 13.1. The lowest BCUT2D eigenvalue weighted by Crippen LogP contribution is -2.85. The Balaban J connectivity index is 3.13. The minimum Gasteiger partial charge on any atom is -0.413 e. The Kier molecular flexibility index (Phi) is 2.54. The quantitative estimate of drug-likeness (QED) is 0.436. The van der Waals surface area contributed by atoms with Crippen LogP contribution in [0.2, 0.25) is 0 Å². The molecule has 17 heavy (non-hydrogen) atoms. The van der Waals surface area contributed by atoms with Crippen LogP contribution in [0.15, 0.2) is 12.2 Å². The van der Waals surface area contributed by atoms with Crippen LogP contribution in [-0.2, 0) is 9.53 Å². The highest BCUT2D eigenvalue weighted by Crippen LogP contribution is 2.69. The van der Waals surface area contributed by atoms with E-state index in [1.54, 1.807) is 0 Å². The van der Waals surface area contributed by atoms with Crippen molar-refractivity contribution in [2.75, 3.05) is 0 Å². The van der Waals surface area contributed by atoms with Gasteiger partial charge in [0.2, 0.25) is 0 Å². The van der Waals surface area contributed by atoms with E-state index in [-0.39, 0.29) is 0 Å². The number of alkyl halides is 7. The standard InChI is InChI=1S/C8H5F7O2/c1-3(2)4(16)17-8(15)6(11,12)5(9,10)7(8,13)14/h1H2,2H3. The summed E-state index contributed by atoms with van der Waals surface area (Å²) >= 11 is 0. The van der Waals surface area contributed by atoms with E-state index < -0.39 is 35.2 Å². The summed E-state index contributed by atoms with van der Waals surface area (Å²) in [7, 11) is 0. The molecule has 0 N–H and O–H groups in total. The van der Waals surface area contributed by atoms with E-state index >= 15 is 0 Å². The smallest absolute Gasteiger partial charge is 0.391 e. The molecule has 0 bridgehead atoms. The van der Waals surface area contributed by atoms with Crippen molar-refractivity contribution >= 4 is 5.97 Å². The number of carbonyl (C=O) groups is 1. The van der Waals surface area contributed by atoms with Crippen LogP contribution in [0.3, 0.4) is 0 Å². The van der Waals surface area contributed by atoms with Crippen molar-refractivity contribution in [3.63, 3.8) is 0 Å². The molecule has 1 fully saturated rings. The van der Waals surface area contributed by atoms with Crippen LogP contribution >= 0.6 is 0 Å². The number of esters is 1. The lowest BCUT2D eigenvalue weighted by atomic mass is 9.78. The summed E-state index contributed by atoms with van der Waals surface area (Å²) in [6, 6.07) is 0. The first kappa shape index (κ1) is 13.8. The van der Waals surface area contributed by atoms with Crippen LogP contribution in [0.4, 0.5) is 30.7 Å². The van der Waals surface area contributed by atoms with Gasteiger partial charge in [-0.05, 0) is 6.92 Å². The maximum absolute atomic E-state index is 13.1. The summed E-state index contributed by atoms with van der Waals surface area (Å²) in [5, 5.41) is 0. The van der Waals surface area contributed by atoms with Crippen molar-refractivity contribution in [1.29, 1.82) is 0 Å². The highest BCUT2D eigenvalue weighted by Gasteiger charge is 3.03. The summed E-state index contributed by atoms with van der Waals surface area (Å²) in [6.07, 6.45) is 0. The summed E-state index contributed by atoms with van der Waals surface area (Å²) in [5.74, 6) is -24.9. The molecular formula is C8H5F7O2. The Morgan fingerprint density at radius 2 is 1.29 bits per heavy atom. The third-order valence-electron chi connectivity index (χ3n) is 2.18. The van der Waals surface area contributed by atoms with Crippen LogP contribution in [0.25, 0.3) is 0 Å². The fraction of sp³-hybridized carbons (Fsp3) is 0.625. The van der Waals surface area contributed by atoms with Crippen LogP contribution in [0.1, 0.15) is 6.92 Å². The Bertz CT molecular complexity index is 369. The molecule has 0 aliphatic heterocycles. The number of halogens is 7. The van der Waals surface area contributed by atoms with E-state index in [1.807, 2.05) is 0 Å². The molecule has 9 heteroatoms. The van der Waals surface area contributed by atoms with Crippen LogP contribution in [0.5, 0.6) is 0 Å². The average Bonchev–Trinajstić information content (AvgIpc) is 2.15. The first-order valence-corrected chi connectivity index (χ1v) is 4.04. The maximum Gasteiger partial charge on any atom is 0.391 e. The van der Waals surface area contributed by atoms with E-state index in [9.17, 15) is 35.5 Å². The molecule has 0 radical (unpaired) electrons. The lowest BCUT2D eigenvalue weighted by Gasteiger charge is -2.52. The molecule has 1 saturated carbocycles. The fourth-order valence-electron chi connectivity index (χ4n) is 1.08. The molecule has 0 saturated heterocycles. The Hall–Kier alpha value is -1.28. The van der Waals surface area contributed by atoms with Gasteiger partial charge in [0.05, 0.1) is 0 Å². The third-order valence-corrected chi connectivity index (χ3v) is 2.18. The van der Waals surface area contributed by atoms with Gasteiger partial charge in [0.25, 0.3) is 0 Å². The zero-order valence-corrected chi connectivity index (χ0v) is 8.17. The van der Waals surface area contributed by atoms with E-state index in [4.69, 9.17) is 0 Å². The summed E-state index contributed by atoms with van der Waals surface area (Å²) in [6.45, 7) is 3.66. The molecule has 0 aromatic heterocycles. The molecule has 0 aromatic rings. The largest absolute Gasteiger partial charge is 0.413 e. The minimum absolute atomic E-state index is 0.691. The average molecular weight is 266 g/mol. The van der Waals surface area contributed by atoms with Gasteiger partial charge in [-0.25, -0.2) is 4.79 Å². The highest BCUT2D eigenvalue weighted by molar-refractivity contribution is 5.87. The van der Waals surface area contributed by atoms with Crippen LogP contribution in [-0.4, -0.2) is 29.6 Å². The van der Waals surface area contributed by atoms with Gasteiger partial charge in [-0.15, -0.1) is 0 Å². The predicted molar refractivity (Wildman–Crippen MR) is 39.6 cm³/mol. The van der Waals surface area contributed by atoms with Crippen molar-refractivity contribution in [2.24, 2.45) is 0 Å². The molecule has 0 spiro atoms. The van der Waals surface area contributed by atoms with E-state index in [1.165, 1.54) is 0 Å². The molecular weight excluding hydrogens is 261 g/mol. The number of carbonyl (C=O) groups excluding carboxylic acids is 1. The normalized spacial score (nSPS) is 26.8. The molecule has 1 aliphatic rings. The third kappa shape index (κ3) is 1.25. The molecule has 1 aliphatic carbocycles. The van der Waals surface area contributed by atoms with Gasteiger partial charge in [0, 0.05) is 5.57 Å². The topological polar surface area (TPSA) is 26.3 Å². The monoisotopic (exact) mass is 266 g/mol. The molecule has 0 aromatic carbocycles. The van der Waals surface area contributed by atoms with Crippen molar-refractivity contribution in [3.05, 3.63) is 12.2 Å². The molecule has 0 unspecified atom stereocenters. The van der Waals surface area contributed by atoms with Gasteiger partial charge < -0.3 is 4.74 Å². The number of rotatable bonds is 2. The molecule has 1 rings (SSSR count). The molecule has 0 heterocycles. The molecule has 0 amide bonds. The zero-order valence-electron chi connectivity index (χ0n) is 8.17. The Morgan fingerprint density at radius 3 is 1.59 bits per heavy atom. The van der Waals surface area contributed by atoms with E-state index in [0.29, 0.717) is 0 Å². The van der Waals surface area contributed by atoms with Crippen LogP contribution < -0.4 is 0 Å².